The van der Waals surface area contributed by atoms with Gasteiger partial charge in [-0.2, -0.15) is 0 Å². The molecule has 126 valence electrons. The van der Waals surface area contributed by atoms with Crippen LogP contribution in [-0.2, 0) is 17.9 Å². The van der Waals surface area contributed by atoms with Crippen LogP contribution in [0.2, 0.25) is 0 Å². The van der Waals surface area contributed by atoms with Crippen LogP contribution in [0.5, 0.6) is 0 Å². The van der Waals surface area contributed by atoms with Crippen LogP contribution in [0.25, 0.3) is 0 Å². The number of benzene rings is 1. The molecule has 1 aromatic carbocycles. The molecule has 0 radical (unpaired) electrons. The number of carbonyl (C=O) groups is 1. The Hall–Kier alpha value is -2.89. The number of guanidine groups is 1. The van der Waals surface area contributed by atoms with Gasteiger partial charge in [0.05, 0.1) is 25.3 Å². The lowest BCUT2D eigenvalue weighted by Crippen LogP contribution is -2.42. The van der Waals surface area contributed by atoms with Crippen molar-refractivity contribution in [1.29, 1.82) is 0 Å². The van der Waals surface area contributed by atoms with Gasteiger partial charge in [-0.1, -0.05) is 36.4 Å². The van der Waals surface area contributed by atoms with Gasteiger partial charge in [-0.25, -0.2) is 4.99 Å². The number of rotatable bonds is 6. The van der Waals surface area contributed by atoms with Gasteiger partial charge >= 0.3 is 0 Å². The van der Waals surface area contributed by atoms with E-state index < -0.39 is 0 Å². The molecule has 1 amide bonds. The van der Waals surface area contributed by atoms with E-state index in [0.29, 0.717) is 19.0 Å². The first-order valence-corrected chi connectivity index (χ1v) is 7.81. The van der Waals surface area contributed by atoms with Crippen molar-refractivity contribution in [3.8, 4) is 0 Å². The number of aromatic nitrogens is 1. The third-order valence-electron chi connectivity index (χ3n) is 3.33. The van der Waals surface area contributed by atoms with Crippen LogP contribution < -0.4 is 10.6 Å². The third-order valence-corrected chi connectivity index (χ3v) is 3.33. The first kappa shape index (κ1) is 17.5. The van der Waals surface area contributed by atoms with Crippen LogP contribution in [0.3, 0.4) is 0 Å². The fourth-order valence-electron chi connectivity index (χ4n) is 1.92. The molecule has 2 rings (SSSR count). The van der Waals surface area contributed by atoms with Crippen molar-refractivity contribution in [2.75, 3.05) is 20.6 Å². The lowest BCUT2D eigenvalue weighted by atomic mass is 10.2. The van der Waals surface area contributed by atoms with E-state index in [-0.39, 0.29) is 12.5 Å². The Balaban J connectivity index is 1.98. The number of pyridine rings is 1. The van der Waals surface area contributed by atoms with E-state index in [0.717, 1.165) is 11.3 Å². The molecule has 0 fully saturated rings. The molecule has 2 N–H and O–H groups in total. The molecule has 0 atom stereocenters. The van der Waals surface area contributed by atoms with E-state index in [9.17, 15) is 4.79 Å². The Morgan fingerprint density at radius 1 is 1.08 bits per heavy atom. The zero-order valence-electron chi connectivity index (χ0n) is 14.1. The summed E-state index contributed by atoms with van der Waals surface area (Å²) in [5.41, 5.74) is 2.01. The van der Waals surface area contributed by atoms with Crippen LogP contribution >= 0.6 is 0 Å². The molecule has 0 aliphatic rings. The third kappa shape index (κ3) is 6.08. The molecule has 6 heteroatoms. The van der Waals surface area contributed by atoms with Crippen molar-refractivity contribution < 1.29 is 4.79 Å². The minimum Gasteiger partial charge on any atom is -0.351 e. The molecule has 0 bridgehead atoms. The average molecular weight is 325 g/mol. The maximum atomic E-state index is 11.8. The predicted octanol–water partition coefficient (Wildman–Crippen LogP) is 1.41. The normalized spacial score (nSPS) is 11.0. The number of nitrogens with zero attached hydrogens (tertiary/aromatic N) is 3. The summed E-state index contributed by atoms with van der Waals surface area (Å²) in [5, 5.41) is 6.27. The minimum absolute atomic E-state index is 0.0120. The van der Waals surface area contributed by atoms with Crippen LogP contribution in [0, 0.1) is 0 Å². The molecule has 24 heavy (non-hydrogen) atoms. The molecule has 0 saturated carbocycles. The van der Waals surface area contributed by atoms with E-state index in [1.165, 1.54) is 0 Å². The molecule has 2 aromatic rings. The second-order valence-corrected chi connectivity index (χ2v) is 5.47. The summed E-state index contributed by atoms with van der Waals surface area (Å²) in [6.45, 7) is 1.27. The Morgan fingerprint density at radius 3 is 2.50 bits per heavy atom. The first-order valence-electron chi connectivity index (χ1n) is 7.81. The van der Waals surface area contributed by atoms with Crippen molar-refractivity contribution in [2.45, 2.75) is 13.1 Å². The largest absolute Gasteiger partial charge is 0.351 e. The van der Waals surface area contributed by atoms with Gasteiger partial charge < -0.3 is 15.5 Å². The second kappa shape index (κ2) is 9.29. The molecule has 1 aromatic heterocycles. The van der Waals surface area contributed by atoms with Gasteiger partial charge in [0.2, 0.25) is 5.91 Å². The highest BCUT2D eigenvalue weighted by Crippen LogP contribution is 2.00. The van der Waals surface area contributed by atoms with Gasteiger partial charge in [-0.3, -0.25) is 9.78 Å². The van der Waals surface area contributed by atoms with Gasteiger partial charge in [0.15, 0.2) is 5.96 Å². The Morgan fingerprint density at radius 2 is 1.83 bits per heavy atom. The Bertz CT molecular complexity index is 656. The molecule has 0 saturated heterocycles. The highest BCUT2D eigenvalue weighted by molar-refractivity contribution is 5.86. The van der Waals surface area contributed by atoms with E-state index in [2.05, 4.69) is 20.6 Å². The summed E-state index contributed by atoms with van der Waals surface area (Å²) in [6.07, 6.45) is 1.75. The maximum Gasteiger partial charge on any atom is 0.241 e. The lowest BCUT2D eigenvalue weighted by Gasteiger charge is -2.15. The number of nitrogens with one attached hydrogen (secondary N) is 2. The summed E-state index contributed by atoms with van der Waals surface area (Å²) in [5.74, 6) is 0.571. The average Bonchev–Trinajstić information content (AvgIpc) is 2.62. The topological polar surface area (TPSA) is 69.6 Å². The van der Waals surface area contributed by atoms with Gasteiger partial charge in [-0.05, 0) is 17.7 Å². The van der Waals surface area contributed by atoms with Crippen molar-refractivity contribution >= 4 is 11.9 Å². The Labute approximate surface area is 142 Å². The van der Waals surface area contributed by atoms with E-state index in [1.54, 1.807) is 25.2 Å². The van der Waals surface area contributed by atoms with Gasteiger partial charge in [0.25, 0.3) is 0 Å². The molecule has 0 unspecified atom stereocenters. The molecule has 0 aliphatic heterocycles. The van der Waals surface area contributed by atoms with E-state index >= 15 is 0 Å². The smallest absolute Gasteiger partial charge is 0.241 e. The predicted molar refractivity (Wildman–Crippen MR) is 95.4 cm³/mol. The number of likely N-dealkylation sites (N-methyl/N-ethyl adjacent to an activating group) is 1. The molecule has 6 nitrogen and oxygen atoms in total. The zero-order chi connectivity index (χ0) is 17.2. The SMILES string of the molecule is CN(C)C(=O)CNC(=NCc1ccccc1)NCc1ccccn1. The maximum absolute atomic E-state index is 11.8. The summed E-state index contributed by atoms with van der Waals surface area (Å²) in [4.78, 5) is 22.1. The lowest BCUT2D eigenvalue weighted by molar-refractivity contribution is -0.127. The van der Waals surface area contributed by atoms with Crippen LogP contribution in [0.4, 0.5) is 0 Å². The standard InChI is InChI=1S/C18H23N5O/c1-23(2)17(24)14-22-18(20-12-15-8-4-3-5-9-15)21-13-16-10-6-7-11-19-16/h3-11H,12-14H2,1-2H3,(H2,20,21,22). The number of carbonyl (C=O) groups excluding carboxylic acids is 1. The van der Waals surface area contributed by atoms with Crippen LogP contribution in [0.1, 0.15) is 11.3 Å². The van der Waals surface area contributed by atoms with Crippen molar-refractivity contribution in [3.63, 3.8) is 0 Å². The molecule has 0 spiro atoms. The van der Waals surface area contributed by atoms with Crippen LogP contribution in [0.15, 0.2) is 59.7 Å². The minimum atomic E-state index is -0.0120. The molecular weight excluding hydrogens is 302 g/mol. The molecule has 0 aliphatic carbocycles. The quantitative estimate of drug-likeness (QED) is 0.622. The van der Waals surface area contributed by atoms with Crippen molar-refractivity contribution in [2.24, 2.45) is 4.99 Å². The van der Waals surface area contributed by atoms with E-state index in [4.69, 9.17) is 0 Å². The molecule has 1 heterocycles. The van der Waals surface area contributed by atoms with Crippen LogP contribution in [-0.4, -0.2) is 42.4 Å². The highest BCUT2D eigenvalue weighted by Gasteiger charge is 2.06. The Kier molecular flexibility index (Phi) is 6.76. The molecular formula is C18H23N5O. The number of amides is 1. The number of hydrogen-bond donors (Lipinski definition) is 2. The fraction of sp³-hybridized carbons (Fsp3) is 0.278. The first-order chi connectivity index (χ1) is 11.6. The number of hydrogen-bond acceptors (Lipinski definition) is 3. The zero-order valence-corrected chi connectivity index (χ0v) is 14.1. The summed E-state index contributed by atoms with van der Waals surface area (Å²) < 4.78 is 0. The van der Waals surface area contributed by atoms with Gasteiger partial charge in [0, 0.05) is 20.3 Å². The fourth-order valence-corrected chi connectivity index (χ4v) is 1.92. The summed E-state index contributed by atoms with van der Waals surface area (Å²) in [6, 6.07) is 15.7. The monoisotopic (exact) mass is 325 g/mol. The number of aliphatic imine (C=N–C) groups is 1. The van der Waals surface area contributed by atoms with Crippen molar-refractivity contribution in [1.82, 2.24) is 20.5 Å². The van der Waals surface area contributed by atoms with Crippen molar-refractivity contribution in [3.05, 3.63) is 66.0 Å². The summed E-state index contributed by atoms with van der Waals surface area (Å²) >= 11 is 0. The van der Waals surface area contributed by atoms with E-state index in [1.807, 2.05) is 48.5 Å². The summed E-state index contributed by atoms with van der Waals surface area (Å²) in [7, 11) is 3.46. The highest BCUT2D eigenvalue weighted by atomic mass is 16.2. The van der Waals surface area contributed by atoms with Gasteiger partial charge in [0.1, 0.15) is 0 Å². The van der Waals surface area contributed by atoms with Gasteiger partial charge in [-0.15, -0.1) is 0 Å². The second-order valence-electron chi connectivity index (χ2n) is 5.47.